The maximum atomic E-state index is 14.0. The van der Waals surface area contributed by atoms with E-state index in [0.717, 1.165) is 105 Å². The third-order valence-corrected chi connectivity index (χ3v) is 19.6. The predicted octanol–water partition coefficient (Wildman–Crippen LogP) is 8.51. The molecular formula is C62H71BrClN11O9S. The molecule has 5 heterocycles. The number of ether oxygens (including phenoxy) is 1. The predicted molar refractivity (Wildman–Crippen MR) is 328 cm³/mol. The van der Waals surface area contributed by atoms with Crippen LogP contribution in [0.25, 0.3) is 16.6 Å². The second kappa shape index (κ2) is 25.7. The van der Waals surface area contributed by atoms with Crippen molar-refractivity contribution in [2.75, 3.05) is 63.0 Å². The van der Waals surface area contributed by atoms with Gasteiger partial charge >= 0.3 is 0 Å². The highest BCUT2D eigenvalue weighted by Crippen LogP contribution is 2.43. The molecule has 2 atom stereocenters. The van der Waals surface area contributed by atoms with E-state index in [2.05, 4.69) is 93.7 Å². The van der Waals surface area contributed by atoms with Crippen molar-refractivity contribution in [3.05, 3.63) is 145 Å². The average Bonchev–Trinajstić information content (AvgIpc) is 2.53. The van der Waals surface area contributed by atoms with Crippen molar-refractivity contribution < 1.29 is 42.8 Å². The fraction of sp³-hybridized carbons (Fsp3) is 0.403. The average molecular weight is 1260 g/mol. The van der Waals surface area contributed by atoms with Gasteiger partial charge in [-0.2, -0.15) is 5.23 Å². The molecule has 6 aromatic rings. The van der Waals surface area contributed by atoms with Gasteiger partial charge in [-0.3, -0.25) is 34.3 Å². The van der Waals surface area contributed by atoms with Crippen LogP contribution in [-0.4, -0.2) is 126 Å². The molecule has 0 radical (unpaired) electrons. The molecule has 448 valence electrons. The van der Waals surface area contributed by atoms with Gasteiger partial charge < -0.3 is 35.8 Å². The lowest BCUT2D eigenvalue weighted by atomic mass is 9.72. The van der Waals surface area contributed by atoms with E-state index in [4.69, 9.17) is 16.3 Å². The Morgan fingerprint density at radius 3 is 2.48 bits per heavy atom. The number of anilines is 2. The molecule has 23 heteroatoms. The number of fused-ring (bicyclic) bond motifs is 2. The first kappa shape index (κ1) is 60.0. The maximum absolute atomic E-state index is 14.0. The number of carbonyl (C=O) groups is 4. The van der Waals surface area contributed by atoms with Gasteiger partial charge in [-0.05, 0) is 146 Å². The van der Waals surface area contributed by atoms with Gasteiger partial charge in [-0.15, -0.1) is 0 Å². The zero-order valence-corrected chi connectivity index (χ0v) is 50.7. The molecule has 2 aromatic heterocycles. The smallest absolute Gasteiger partial charge is 0.268 e. The fourth-order valence-corrected chi connectivity index (χ4v) is 14.3. The minimum atomic E-state index is -4.59. The Labute approximate surface area is 507 Å². The van der Waals surface area contributed by atoms with E-state index in [1.807, 2.05) is 24.3 Å². The SMILES string of the molecule is CC1(C)CCC(CNCCNc2ccc(C(=O)NS(=O)(=O)c3ccc(NCC4CCC(N5CCN(Cc6cc(Br)c7c(c6)C(=O)N(C6CCC(=O)NC6=O)C7)CC5)CC4)c([NH+]([O-])O)c3)c(Oc3cnc4[nH]ccc4c3)c2)=C(c2ccc(Cl)cc2)C1. The summed E-state index contributed by atoms with van der Waals surface area (Å²) in [6.07, 6.45) is 10.7. The molecule has 0 bridgehead atoms. The molecule has 11 rings (SSSR count). The standard InChI is InChI=1S/C62H71BrClN11O9S/c1-62(2)19-17-42(50(32-62)40-5-7-43(64)8-6-40)34-65-21-22-66-44-9-13-48(56(30-44)84-46-29-41-18-20-67-58(41)69-35-46)59(77)71-85(82,83)47-12-14-53(55(31-47)75(80)81)68-33-38-3-10-45(11-4-38)73-25-23-72(24-26-73)36-39-27-49-51(52(63)28-39)37-74(61(49)79)54-15-16-57(76)70-60(54)78/h5-9,12-14,18,20,27-31,35,38,45,54,65-66,68,75,80H,3-4,10-11,15-17,19,21-26,32-34,36-37H2,1-2H3,(H,67,69)(H,71,77)(H,70,76,78). The number of nitrogens with one attached hydrogen (secondary N) is 7. The zero-order valence-electron chi connectivity index (χ0n) is 47.6. The number of hydrogen-bond acceptors (Lipinski definition) is 15. The van der Waals surface area contributed by atoms with Gasteiger partial charge in [0.1, 0.15) is 23.2 Å². The molecule has 0 spiro atoms. The lowest BCUT2D eigenvalue weighted by Gasteiger charge is -2.42. The number of H-pyrrole nitrogens is 1. The first-order valence-electron chi connectivity index (χ1n) is 29.1. The van der Waals surface area contributed by atoms with Gasteiger partial charge in [-0.1, -0.05) is 59.1 Å². The number of carbonyl (C=O) groups excluding carboxylic acids is 4. The highest BCUT2D eigenvalue weighted by Gasteiger charge is 2.40. The number of amides is 4. The molecule has 4 aromatic carbocycles. The Morgan fingerprint density at radius 1 is 0.929 bits per heavy atom. The molecule has 2 unspecified atom stereocenters. The summed E-state index contributed by atoms with van der Waals surface area (Å²) in [5, 5.41) is 35.8. The first-order valence-corrected chi connectivity index (χ1v) is 31.8. The summed E-state index contributed by atoms with van der Waals surface area (Å²) in [5.74, 6) is -1.23. The number of benzene rings is 4. The Bertz CT molecular complexity index is 3660. The highest BCUT2D eigenvalue weighted by atomic mass is 79.9. The molecule has 1 saturated carbocycles. The van der Waals surface area contributed by atoms with Crippen molar-refractivity contribution >= 4 is 94.9 Å². The van der Waals surface area contributed by atoms with Crippen molar-refractivity contribution in [2.24, 2.45) is 11.3 Å². The Balaban J connectivity index is 0.672. The van der Waals surface area contributed by atoms with Crippen LogP contribution in [0.4, 0.5) is 17.1 Å². The van der Waals surface area contributed by atoms with Crippen LogP contribution in [0.2, 0.25) is 5.02 Å². The van der Waals surface area contributed by atoms with E-state index in [1.165, 1.54) is 41.1 Å². The monoisotopic (exact) mass is 1260 g/mol. The number of sulfonamides is 1. The van der Waals surface area contributed by atoms with Gasteiger partial charge in [0.05, 0.1) is 22.3 Å². The van der Waals surface area contributed by atoms with Crippen molar-refractivity contribution in [1.82, 2.24) is 40.0 Å². The van der Waals surface area contributed by atoms with Crippen molar-refractivity contribution in [2.45, 2.75) is 102 Å². The summed E-state index contributed by atoms with van der Waals surface area (Å²) in [4.78, 5) is 65.5. The summed E-state index contributed by atoms with van der Waals surface area (Å²) in [5.41, 5.74) is 7.83. The largest absolute Gasteiger partial charge is 0.595 e. The highest BCUT2D eigenvalue weighted by molar-refractivity contribution is 9.10. The number of imide groups is 1. The molecule has 3 aliphatic heterocycles. The van der Waals surface area contributed by atoms with Crippen LogP contribution in [0.1, 0.15) is 109 Å². The number of nitrogens with zero attached hydrogens (tertiary/aromatic N) is 4. The second-order valence-corrected chi connectivity index (χ2v) is 26.7. The number of quaternary nitrogens is 1. The number of hydrogen-bond donors (Lipinski definition) is 8. The van der Waals surface area contributed by atoms with Crippen molar-refractivity contribution in [3.63, 3.8) is 0 Å². The first-order chi connectivity index (χ1) is 40.8. The minimum Gasteiger partial charge on any atom is -0.595 e. The number of piperazine rings is 1. The van der Waals surface area contributed by atoms with Crippen LogP contribution in [0.5, 0.6) is 11.5 Å². The van der Waals surface area contributed by atoms with E-state index in [1.54, 1.807) is 29.3 Å². The van der Waals surface area contributed by atoms with Gasteiger partial charge in [-0.25, -0.2) is 23.3 Å². The summed E-state index contributed by atoms with van der Waals surface area (Å²) in [7, 11) is -4.59. The Kier molecular flexibility index (Phi) is 18.1. The van der Waals surface area contributed by atoms with Crippen LogP contribution in [-0.2, 0) is 32.7 Å². The number of aromatic amines is 1. The van der Waals surface area contributed by atoms with Crippen LogP contribution in [0, 0.1) is 16.5 Å². The van der Waals surface area contributed by atoms with Crippen molar-refractivity contribution in [3.8, 4) is 11.5 Å². The third-order valence-electron chi connectivity index (χ3n) is 17.3. The van der Waals surface area contributed by atoms with Gasteiger partial charge in [0.2, 0.25) is 11.8 Å². The zero-order chi connectivity index (χ0) is 59.6. The fourth-order valence-electron chi connectivity index (χ4n) is 12.6. The van der Waals surface area contributed by atoms with E-state index in [0.29, 0.717) is 72.9 Å². The third kappa shape index (κ3) is 14.1. The number of pyridine rings is 1. The maximum Gasteiger partial charge on any atom is 0.268 e. The van der Waals surface area contributed by atoms with E-state index >= 15 is 0 Å². The van der Waals surface area contributed by atoms with E-state index in [-0.39, 0.29) is 57.2 Å². The number of piperidine rings is 1. The quantitative estimate of drug-likeness (QED) is 0.0203. The van der Waals surface area contributed by atoms with Crippen LogP contribution >= 0.6 is 27.5 Å². The summed E-state index contributed by atoms with van der Waals surface area (Å²) in [6, 6.07) is 24.0. The van der Waals surface area contributed by atoms with Crippen LogP contribution in [0.15, 0.2) is 112 Å². The summed E-state index contributed by atoms with van der Waals surface area (Å²) >= 11 is 9.91. The Morgan fingerprint density at radius 2 is 1.72 bits per heavy atom. The second-order valence-electron chi connectivity index (χ2n) is 23.8. The topological polar surface area (TPSA) is 258 Å². The molecule has 3 fully saturated rings. The molecule has 2 saturated heterocycles. The number of rotatable bonds is 20. The van der Waals surface area contributed by atoms with Gasteiger partial charge in [0, 0.05) is 122 Å². The lowest BCUT2D eigenvalue weighted by molar-refractivity contribution is -0.990. The molecule has 5 aliphatic rings. The van der Waals surface area contributed by atoms with Gasteiger partial charge in [0.15, 0.2) is 5.69 Å². The van der Waals surface area contributed by atoms with Crippen molar-refractivity contribution in [1.29, 1.82) is 0 Å². The normalized spacial score (nSPS) is 20.8. The molecule has 4 amide bonds. The van der Waals surface area contributed by atoms with Crippen LogP contribution < -0.4 is 36.0 Å². The minimum absolute atomic E-state index is 0.0696. The molecule has 8 N–H and O–H groups in total. The summed E-state index contributed by atoms with van der Waals surface area (Å²) < 4.78 is 37.2. The van der Waals surface area contributed by atoms with Crippen LogP contribution in [0.3, 0.4) is 0 Å². The van der Waals surface area contributed by atoms with E-state index < -0.39 is 33.1 Å². The number of halogens is 2. The van der Waals surface area contributed by atoms with E-state index in [9.17, 15) is 38.0 Å². The molecular weight excluding hydrogens is 1190 g/mol. The number of aromatic nitrogens is 2. The molecule has 85 heavy (non-hydrogen) atoms. The van der Waals surface area contributed by atoms with Gasteiger partial charge in [0.25, 0.3) is 21.8 Å². The number of allylic oxidation sites excluding steroid dienone is 1. The Hall–Kier alpha value is -6.73. The lowest BCUT2D eigenvalue weighted by Crippen LogP contribution is -2.99. The summed E-state index contributed by atoms with van der Waals surface area (Å²) in [6.45, 7) is 11.6. The molecule has 20 nitrogen and oxygen atoms in total. The molecule has 2 aliphatic carbocycles.